The van der Waals surface area contributed by atoms with Crippen molar-refractivity contribution < 1.29 is 0 Å². The molecule has 0 spiro atoms. The molecule has 0 aromatic carbocycles. The summed E-state index contributed by atoms with van der Waals surface area (Å²) in [5, 5.41) is 0. The molecule has 56 valence electrons. The molecule has 0 radical (unpaired) electrons. The van der Waals surface area contributed by atoms with Crippen LogP contribution in [-0.4, -0.2) is 12.5 Å². The molecule has 0 heterocycles. The molecule has 0 aromatic rings. The summed E-state index contributed by atoms with van der Waals surface area (Å²) >= 11 is 1.75. The van der Waals surface area contributed by atoms with Gasteiger partial charge in [-0.15, -0.1) is 19.7 Å². The minimum absolute atomic E-state index is 1.17. The van der Waals surface area contributed by atoms with Gasteiger partial charge in [0.1, 0.15) is 0 Å². The van der Waals surface area contributed by atoms with Crippen LogP contribution in [0.25, 0.3) is 0 Å². The van der Waals surface area contributed by atoms with E-state index in [1.807, 2.05) is 26.4 Å². The van der Waals surface area contributed by atoms with Crippen LogP contribution in [-0.2, 0) is 0 Å². The Hall–Kier alpha value is -0.170. The van der Waals surface area contributed by atoms with Crippen LogP contribution < -0.4 is 0 Å². The van der Waals surface area contributed by atoms with Crippen LogP contribution in [0.3, 0.4) is 0 Å². The summed E-state index contributed by atoms with van der Waals surface area (Å²) in [6.45, 7) is 13.5. The minimum atomic E-state index is 1.17. The fraction of sp³-hybridized carbons (Fsp3) is 0.500. The van der Waals surface area contributed by atoms with Crippen LogP contribution in [0.5, 0.6) is 0 Å². The lowest BCUT2D eigenvalue weighted by Gasteiger charge is -1.65. The quantitative estimate of drug-likeness (QED) is 0.472. The largest absolute Gasteiger partial charge is 0.169 e. The van der Waals surface area contributed by atoms with E-state index >= 15 is 0 Å². The van der Waals surface area contributed by atoms with Crippen molar-refractivity contribution in [1.82, 2.24) is 0 Å². The molecule has 1 heteroatoms. The maximum Gasteiger partial charge on any atom is -0.0187 e. The zero-order chi connectivity index (χ0) is 8.28. The van der Waals surface area contributed by atoms with Crippen molar-refractivity contribution in [2.75, 3.05) is 12.5 Å². The van der Waals surface area contributed by atoms with Crippen LogP contribution in [0.2, 0.25) is 0 Å². The molecule has 0 aliphatic rings. The van der Waals surface area contributed by atoms with Gasteiger partial charge in [0.2, 0.25) is 0 Å². The Morgan fingerprint density at radius 1 is 1.11 bits per heavy atom. The summed E-state index contributed by atoms with van der Waals surface area (Å²) < 4.78 is 0. The van der Waals surface area contributed by atoms with E-state index in [0.29, 0.717) is 0 Å². The second-order valence-corrected chi connectivity index (χ2v) is 2.43. The zero-order valence-corrected chi connectivity index (χ0v) is 7.85. The average molecular weight is 146 g/mol. The lowest BCUT2D eigenvalue weighted by Crippen LogP contribution is -1.43. The second kappa shape index (κ2) is 24.9. The highest BCUT2D eigenvalue weighted by Gasteiger charge is 1.51. The first-order chi connectivity index (χ1) is 4.15. The molecular formula is C8H18S. The molecule has 0 fully saturated rings. The molecule has 9 heavy (non-hydrogen) atoms. The van der Waals surface area contributed by atoms with Crippen LogP contribution in [0, 0.1) is 0 Å². The molecule has 0 nitrogen and oxygen atoms in total. The first-order valence-electron chi connectivity index (χ1n) is 2.67. The molecule has 0 rings (SSSR count). The van der Waals surface area contributed by atoms with E-state index in [9.17, 15) is 0 Å². The third-order valence-corrected chi connectivity index (χ3v) is 0. The number of rotatable bonds is 0. The first-order valence-corrected chi connectivity index (χ1v) is 4.30. The Kier molecular flexibility index (Phi) is 44.1. The van der Waals surface area contributed by atoms with Crippen LogP contribution in [0.4, 0.5) is 0 Å². The van der Waals surface area contributed by atoms with Crippen LogP contribution in [0.1, 0.15) is 13.8 Å². The van der Waals surface area contributed by atoms with Crippen molar-refractivity contribution in [2.24, 2.45) is 0 Å². The van der Waals surface area contributed by atoms with Crippen LogP contribution >= 0.6 is 11.8 Å². The highest BCUT2D eigenvalue weighted by molar-refractivity contribution is 7.97. The normalized spacial score (nSPS) is 5.33. The van der Waals surface area contributed by atoms with Gasteiger partial charge in [0.15, 0.2) is 0 Å². The van der Waals surface area contributed by atoms with E-state index in [0.717, 1.165) is 0 Å². The van der Waals surface area contributed by atoms with Gasteiger partial charge in [0.25, 0.3) is 0 Å². The van der Waals surface area contributed by atoms with Gasteiger partial charge < -0.3 is 0 Å². The second-order valence-electron chi connectivity index (χ2n) is 1.62. The van der Waals surface area contributed by atoms with E-state index in [2.05, 4.69) is 19.7 Å². The van der Waals surface area contributed by atoms with Gasteiger partial charge in [-0.05, 0) is 26.4 Å². The SMILES string of the molecule is C=C.C=C(C)C.CSC. The van der Waals surface area contributed by atoms with Crippen molar-refractivity contribution in [2.45, 2.75) is 13.8 Å². The van der Waals surface area contributed by atoms with E-state index in [1.54, 1.807) is 11.8 Å². The van der Waals surface area contributed by atoms with E-state index in [-0.39, 0.29) is 0 Å². The highest BCUT2D eigenvalue weighted by atomic mass is 32.2. The maximum absolute atomic E-state index is 3.56. The van der Waals surface area contributed by atoms with Crippen molar-refractivity contribution in [3.05, 3.63) is 25.3 Å². The molecule has 0 saturated carbocycles. The fourth-order valence-corrected chi connectivity index (χ4v) is 0. The third kappa shape index (κ3) is 9210. The summed E-state index contributed by atoms with van der Waals surface area (Å²) in [6, 6.07) is 0. The summed E-state index contributed by atoms with van der Waals surface area (Å²) in [5.74, 6) is 0. The summed E-state index contributed by atoms with van der Waals surface area (Å²) in [5.41, 5.74) is 1.17. The van der Waals surface area contributed by atoms with Crippen molar-refractivity contribution >= 4 is 11.8 Å². The predicted molar refractivity (Wildman–Crippen MR) is 51.2 cm³/mol. The maximum atomic E-state index is 3.56. The molecule has 0 unspecified atom stereocenters. The van der Waals surface area contributed by atoms with Gasteiger partial charge in [-0.2, -0.15) is 11.8 Å². The molecule has 0 bridgehead atoms. The predicted octanol–water partition coefficient (Wildman–Crippen LogP) is 3.36. The average Bonchev–Trinajstić information content (AvgIpc) is 1.71. The zero-order valence-electron chi connectivity index (χ0n) is 7.03. The standard InChI is InChI=1S/C4H8.C2H6S.C2H4/c1-4(2)3;1-3-2;1-2/h1H2,2-3H3;1-2H3;1-2H2. The number of hydrogen-bond donors (Lipinski definition) is 0. The van der Waals surface area contributed by atoms with Gasteiger partial charge in [-0.25, -0.2) is 0 Å². The minimum Gasteiger partial charge on any atom is -0.169 e. The Bertz CT molecular complexity index is 44.5. The molecule has 0 saturated heterocycles. The third-order valence-electron chi connectivity index (χ3n) is 0. The molecule has 0 aromatic heterocycles. The van der Waals surface area contributed by atoms with Crippen molar-refractivity contribution in [1.29, 1.82) is 0 Å². The Morgan fingerprint density at radius 3 is 1.11 bits per heavy atom. The van der Waals surface area contributed by atoms with Crippen molar-refractivity contribution in [3.63, 3.8) is 0 Å². The van der Waals surface area contributed by atoms with Gasteiger partial charge in [-0.3, -0.25) is 0 Å². The fourth-order valence-electron chi connectivity index (χ4n) is 0. The van der Waals surface area contributed by atoms with Gasteiger partial charge in [0, 0.05) is 0 Å². The number of hydrogen-bond acceptors (Lipinski definition) is 1. The van der Waals surface area contributed by atoms with Crippen LogP contribution in [0.15, 0.2) is 25.3 Å². The van der Waals surface area contributed by atoms with Gasteiger partial charge >= 0.3 is 0 Å². The summed E-state index contributed by atoms with van der Waals surface area (Å²) in [4.78, 5) is 0. The molecule has 0 N–H and O–H groups in total. The lowest BCUT2D eigenvalue weighted by molar-refractivity contribution is 1.42. The molecule has 0 atom stereocenters. The Balaban J connectivity index is -0.0000000646. The highest BCUT2D eigenvalue weighted by Crippen LogP contribution is 1.73. The Morgan fingerprint density at radius 2 is 1.11 bits per heavy atom. The lowest BCUT2D eigenvalue weighted by atomic mass is 10.4. The van der Waals surface area contributed by atoms with E-state index < -0.39 is 0 Å². The first kappa shape index (κ1) is 15.9. The topological polar surface area (TPSA) is 0 Å². The summed E-state index contributed by atoms with van der Waals surface area (Å²) in [7, 11) is 0. The smallest absolute Gasteiger partial charge is 0.0187 e. The number of thioether (sulfide) groups is 1. The van der Waals surface area contributed by atoms with Crippen molar-refractivity contribution in [3.8, 4) is 0 Å². The number of allylic oxidation sites excluding steroid dienone is 1. The van der Waals surface area contributed by atoms with Gasteiger partial charge in [0.05, 0.1) is 0 Å². The summed E-state index contributed by atoms with van der Waals surface area (Å²) in [6.07, 6.45) is 4.08. The molecule has 0 aliphatic carbocycles. The Labute approximate surface area is 64.0 Å². The van der Waals surface area contributed by atoms with E-state index in [1.165, 1.54) is 5.57 Å². The molecule has 0 aliphatic heterocycles. The molecule has 0 amide bonds. The monoisotopic (exact) mass is 146 g/mol. The van der Waals surface area contributed by atoms with Gasteiger partial charge in [-0.1, -0.05) is 5.57 Å². The molecular weight excluding hydrogens is 128 g/mol. The van der Waals surface area contributed by atoms with E-state index in [4.69, 9.17) is 0 Å².